The molecule has 0 unspecified atom stereocenters. The lowest BCUT2D eigenvalue weighted by molar-refractivity contribution is -0.116. The summed E-state index contributed by atoms with van der Waals surface area (Å²) in [5.41, 5.74) is 1.47. The number of allylic oxidation sites excluding steroid dienone is 2. The molecule has 2 aromatic rings. The number of rotatable bonds is 3. The highest BCUT2D eigenvalue weighted by Gasteiger charge is 2.40. The van der Waals surface area contributed by atoms with Gasteiger partial charge >= 0.3 is 5.69 Å². The molecule has 2 aliphatic rings. The number of carbonyl (C=O) groups excluding carboxylic acids is 1. The van der Waals surface area contributed by atoms with Gasteiger partial charge < -0.3 is 14.8 Å². The van der Waals surface area contributed by atoms with Crippen LogP contribution in [0.3, 0.4) is 0 Å². The van der Waals surface area contributed by atoms with Gasteiger partial charge in [0.1, 0.15) is 5.82 Å². The number of benzene rings is 1. The van der Waals surface area contributed by atoms with Crippen molar-refractivity contribution in [1.82, 2.24) is 9.13 Å². The van der Waals surface area contributed by atoms with Gasteiger partial charge in [-0.2, -0.15) is 0 Å². The molecule has 0 fully saturated rings. The van der Waals surface area contributed by atoms with Gasteiger partial charge in [0.05, 0.1) is 25.7 Å². The minimum absolute atomic E-state index is 0.00446. The van der Waals surface area contributed by atoms with Gasteiger partial charge in [-0.15, -0.1) is 0 Å². The van der Waals surface area contributed by atoms with Gasteiger partial charge in [-0.05, 0) is 18.9 Å². The van der Waals surface area contributed by atoms with Gasteiger partial charge in [0.15, 0.2) is 17.3 Å². The SMILES string of the molecule is COc1cccc([C@H]2C3=C(CCCC3=O)Nc3c2c(=O)n(C)c(=O)n3C)c1OC. The van der Waals surface area contributed by atoms with Gasteiger partial charge in [-0.1, -0.05) is 12.1 Å². The number of fused-ring (bicyclic) bond motifs is 1. The Balaban J connectivity index is 2.12. The number of ether oxygens (including phenoxy) is 2. The molecule has 29 heavy (non-hydrogen) atoms. The van der Waals surface area contributed by atoms with Crippen molar-refractivity contribution in [2.24, 2.45) is 14.1 Å². The van der Waals surface area contributed by atoms with Crippen LogP contribution >= 0.6 is 0 Å². The van der Waals surface area contributed by atoms with Crippen molar-refractivity contribution in [3.05, 3.63) is 61.4 Å². The number of para-hydroxylation sites is 1. The third-order valence-electron chi connectivity index (χ3n) is 5.75. The second-order valence-corrected chi connectivity index (χ2v) is 7.28. The van der Waals surface area contributed by atoms with E-state index in [1.54, 1.807) is 19.2 Å². The highest BCUT2D eigenvalue weighted by Crippen LogP contribution is 2.47. The van der Waals surface area contributed by atoms with E-state index < -0.39 is 17.2 Å². The Morgan fingerprint density at radius 3 is 2.48 bits per heavy atom. The van der Waals surface area contributed by atoms with Crippen molar-refractivity contribution in [2.75, 3.05) is 19.5 Å². The van der Waals surface area contributed by atoms with E-state index in [-0.39, 0.29) is 5.78 Å². The molecular formula is C21H23N3O5. The van der Waals surface area contributed by atoms with E-state index in [1.807, 2.05) is 6.07 Å². The van der Waals surface area contributed by atoms with E-state index in [2.05, 4.69) is 5.32 Å². The zero-order valence-electron chi connectivity index (χ0n) is 16.9. The van der Waals surface area contributed by atoms with Crippen molar-refractivity contribution in [1.29, 1.82) is 0 Å². The fourth-order valence-corrected chi connectivity index (χ4v) is 4.35. The van der Waals surface area contributed by atoms with Gasteiger partial charge in [0.2, 0.25) is 0 Å². The van der Waals surface area contributed by atoms with Crippen LogP contribution in [0.4, 0.5) is 5.82 Å². The van der Waals surface area contributed by atoms with Crippen molar-refractivity contribution in [3.63, 3.8) is 0 Å². The largest absolute Gasteiger partial charge is 0.493 e. The molecule has 8 heteroatoms. The summed E-state index contributed by atoms with van der Waals surface area (Å²) in [5, 5.41) is 3.21. The van der Waals surface area contributed by atoms with Crippen molar-refractivity contribution in [2.45, 2.75) is 25.2 Å². The summed E-state index contributed by atoms with van der Waals surface area (Å²) >= 11 is 0. The van der Waals surface area contributed by atoms with Gasteiger partial charge in [-0.3, -0.25) is 18.7 Å². The highest BCUT2D eigenvalue weighted by molar-refractivity contribution is 6.01. The number of ketones is 1. The summed E-state index contributed by atoms with van der Waals surface area (Å²) < 4.78 is 13.5. The molecule has 0 bridgehead atoms. The number of nitrogens with one attached hydrogen (secondary N) is 1. The smallest absolute Gasteiger partial charge is 0.332 e. The zero-order valence-corrected chi connectivity index (χ0v) is 16.9. The van der Waals surface area contributed by atoms with E-state index in [4.69, 9.17) is 9.47 Å². The van der Waals surface area contributed by atoms with Crippen LogP contribution in [0.5, 0.6) is 11.5 Å². The Kier molecular flexibility index (Phi) is 4.56. The molecule has 0 radical (unpaired) electrons. The fourth-order valence-electron chi connectivity index (χ4n) is 4.35. The van der Waals surface area contributed by atoms with Crippen molar-refractivity contribution < 1.29 is 14.3 Å². The summed E-state index contributed by atoms with van der Waals surface area (Å²) in [6.45, 7) is 0. The first-order valence-corrected chi connectivity index (χ1v) is 9.44. The summed E-state index contributed by atoms with van der Waals surface area (Å²) in [5.74, 6) is 0.743. The van der Waals surface area contributed by atoms with Crippen LogP contribution < -0.4 is 26.0 Å². The van der Waals surface area contributed by atoms with E-state index in [0.717, 1.165) is 16.7 Å². The van der Waals surface area contributed by atoms with E-state index in [9.17, 15) is 14.4 Å². The second-order valence-electron chi connectivity index (χ2n) is 7.28. The molecule has 152 valence electrons. The molecule has 1 aliphatic carbocycles. The number of hydrogen-bond acceptors (Lipinski definition) is 6. The van der Waals surface area contributed by atoms with Gasteiger partial charge in [0.25, 0.3) is 5.56 Å². The maximum atomic E-state index is 13.2. The maximum Gasteiger partial charge on any atom is 0.332 e. The molecule has 1 aromatic carbocycles. The summed E-state index contributed by atoms with van der Waals surface area (Å²) in [6, 6.07) is 5.40. The Bertz CT molecular complexity index is 1170. The molecular weight excluding hydrogens is 374 g/mol. The molecule has 0 saturated carbocycles. The number of carbonyl (C=O) groups is 1. The first-order chi connectivity index (χ1) is 13.9. The molecule has 1 N–H and O–H groups in total. The average Bonchev–Trinajstić information content (AvgIpc) is 2.74. The number of nitrogens with zero attached hydrogens (tertiary/aromatic N) is 2. The van der Waals surface area contributed by atoms with Crippen LogP contribution in [-0.2, 0) is 18.9 Å². The van der Waals surface area contributed by atoms with Crippen LogP contribution in [0, 0.1) is 0 Å². The molecule has 0 spiro atoms. The predicted molar refractivity (Wildman–Crippen MR) is 108 cm³/mol. The Morgan fingerprint density at radius 1 is 1.03 bits per heavy atom. The monoisotopic (exact) mass is 397 g/mol. The van der Waals surface area contributed by atoms with Crippen LogP contribution in [0.1, 0.15) is 36.3 Å². The molecule has 8 nitrogen and oxygen atoms in total. The van der Waals surface area contributed by atoms with Gasteiger partial charge in [0, 0.05) is 37.3 Å². The average molecular weight is 397 g/mol. The first kappa shape index (κ1) is 19.0. The van der Waals surface area contributed by atoms with Crippen molar-refractivity contribution in [3.8, 4) is 11.5 Å². The summed E-state index contributed by atoms with van der Waals surface area (Å²) in [4.78, 5) is 38.7. The fraction of sp³-hybridized carbons (Fsp3) is 0.381. The maximum absolute atomic E-state index is 13.2. The van der Waals surface area contributed by atoms with E-state index in [0.29, 0.717) is 46.9 Å². The molecule has 2 heterocycles. The lowest BCUT2D eigenvalue weighted by Gasteiger charge is -2.35. The minimum atomic E-state index is -0.649. The number of hydrogen-bond donors (Lipinski definition) is 1. The zero-order chi connectivity index (χ0) is 20.9. The summed E-state index contributed by atoms with van der Waals surface area (Å²) in [7, 11) is 6.12. The normalized spacial score (nSPS) is 18.1. The number of aromatic nitrogens is 2. The van der Waals surface area contributed by atoms with E-state index >= 15 is 0 Å². The van der Waals surface area contributed by atoms with Crippen LogP contribution in [-0.4, -0.2) is 29.1 Å². The minimum Gasteiger partial charge on any atom is -0.493 e. The third kappa shape index (κ3) is 2.70. The Hall–Kier alpha value is -3.29. The third-order valence-corrected chi connectivity index (χ3v) is 5.75. The second kappa shape index (κ2) is 6.95. The predicted octanol–water partition coefficient (Wildman–Crippen LogP) is 1.67. The van der Waals surface area contributed by atoms with Crippen LogP contribution in [0.2, 0.25) is 0 Å². The number of methoxy groups -OCH3 is 2. The van der Waals surface area contributed by atoms with Crippen LogP contribution in [0.15, 0.2) is 39.1 Å². The molecule has 1 atom stereocenters. The molecule has 0 amide bonds. The Labute approximate surface area is 167 Å². The quantitative estimate of drug-likeness (QED) is 0.847. The molecule has 4 rings (SSSR count). The molecule has 1 aliphatic heterocycles. The molecule has 0 saturated heterocycles. The van der Waals surface area contributed by atoms with Gasteiger partial charge in [-0.25, -0.2) is 4.79 Å². The molecule has 1 aromatic heterocycles. The summed E-state index contributed by atoms with van der Waals surface area (Å²) in [6.07, 6.45) is 1.82. The first-order valence-electron chi connectivity index (χ1n) is 9.44. The lowest BCUT2D eigenvalue weighted by atomic mass is 9.76. The number of Topliss-reactive ketones (excluding diaryl/α,β-unsaturated/α-hetero) is 1. The standard InChI is InChI=1S/C21H23N3O5/c1-23-19-17(20(26)24(2)21(23)27)15(16-12(22-19)8-6-9-13(16)25)11-7-5-10-14(28-3)18(11)29-4/h5,7,10,15,22H,6,8-9H2,1-4H3/t15-/m0/s1. The number of anilines is 1. The van der Waals surface area contributed by atoms with Crippen LogP contribution in [0.25, 0.3) is 0 Å². The topological polar surface area (TPSA) is 91.6 Å². The lowest BCUT2D eigenvalue weighted by Crippen LogP contribution is -2.44. The van der Waals surface area contributed by atoms with Crippen molar-refractivity contribution >= 4 is 11.6 Å². The Morgan fingerprint density at radius 2 is 1.79 bits per heavy atom. The highest BCUT2D eigenvalue weighted by atomic mass is 16.5. The van der Waals surface area contributed by atoms with E-state index in [1.165, 1.54) is 25.8 Å².